The molecule has 2 heterocycles. The van der Waals surface area contributed by atoms with Gasteiger partial charge in [-0.05, 0) is 31.4 Å². The summed E-state index contributed by atoms with van der Waals surface area (Å²) in [5.41, 5.74) is 0.781. The maximum atomic E-state index is 13.6. The molecule has 0 radical (unpaired) electrons. The summed E-state index contributed by atoms with van der Waals surface area (Å²) in [6.45, 7) is 0.300. The van der Waals surface area contributed by atoms with Crippen molar-refractivity contribution in [2.24, 2.45) is 0 Å². The molecule has 0 saturated heterocycles. The van der Waals surface area contributed by atoms with Gasteiger partial charge in [0.05, 0.1) is 24.3 Å². The molecule has 0 amide bonds. The molecule has 1 aromatic carbocycles. The SMILES string of the molecule is Fc1cccc(F)c1CCO[C@H]1CC[C@H](Nc2ncnc3[nH]ncc23)C1. The van der Waals surface area contributed by atoms with Gasteiger partial charge in [0.1, 0.15) is 23.8 Å². The van der Waals surface area contributed by atoms with Gasteiger partial charge in [-0.1, -0.05) is 6.07 Å². The van der Waals surface area contributed by atoms with E-state index in [1.54, 1.807) is 6.20 Å². The van der Waals surface area contributed by atoms with Crippen LogP contribution in [0.15, 0.2) is 30.7 Å². The van der Waals surface area contributed by atoms with Gasteiger partial charge in [0, 0.05) is 18.0 Å². The Labute approximate surface area is 149 Å². The van der Waals surface area contributed by atoms with E-state index >= 15 is 0 Å². The number of aromatic amines is 1. The first kappa shape index (κ1) is 16.8. The second kappa shape index (κ2) is 7.33. The van der Waals surface area contributed by atoms with Crippen molar-refractivity contribution >= 4 is 16.9 Å². The quantitative estimate of drug-likeness (QED) is 0.707. The van der Waals surface area contributed by atoms with E-state index in [0.717, 1.165) is 30.5 Å². The summed E-state index contributed by atoms with van der Waals surface area (Å²) in [6.07, 6.45) is 6.17. The molecule has 0 spiro atoms. The van der Waals surface area contributed by atoms with Crippen LogP contribution in [0.3, 0.4) is 0 Å². The van der Waals surface area contributed by atoms with Crippen molar-refractivity contribution in [2.45, 2.75) is 37.8 Å². The second-order valence-electron chi connectivity index (χ2n) is 6.45. The molecule has 2 aromatic heterocycles. The highest BCUT2D eigenvalue weighted by molar-refractivity contribution is 5.85. The van der Waals surface area contributed by atoms with Crippen molar-refractivity contribution < 1.29 is 13.5 Å². The second-order valence-corrected chi connectivity index (χ2v) is 6.45. The van der Waals surface area contributed by atoms with E-state index in [1.165, 1.54) is 24.5 Å². The van der Waals surface area contributed by atoms with Crippen LogP contribution >= 0.6 is 0 Å². The first-order valence-electron chi connectivity index (χ1n) is 8.66. The third-order valence-electron chi connectivity index (χ3n) is 4.74. The number of halogens is 2. The van der Waals surface area contributed by atoms with Gasteiger partial charge in [0.25, 0.3) is 0 Å². The third-order valence-corrected chi connectivity index (χ3v) is 4.74. The summed E-state index contributed by atoms with van der Waals surface area (Å²) >= 11 is 0. The van der Waals surface area contributed by atoms with Crippen molar-refractivity contribution in [3.05, 3.63) is 47.9 Å². The molecule has 0 aliphatic heterocycles. The molecule has 1 aliphatic rings. The molecule has 2 atom stereocenters. The fourth-order valence-electron chi connectivity index (χ4n) is 3.39. The van der Waals surface area contributed by atoms with Crippen molar-refractivity contribution in [1.82, 2.24) is 20.2 Å². The molecular weight excluding hydrogens is 340 g/mol. The number of anilines is 1. The molecule has 8 heteroatoms. The summed E-state index contributed by atoms with van der Waals surface area (Å²) in [5.74, 6) is -0.289. The Morgan fingerprint density at radius 2 is 2.04 bits per heavy atom. The van der Waals surface area contributed by atoms with E-state index in [4.69, 9.17) is 4.74 Å². The predicted molar refractivity (Wildman–Crippen MR) is 92.7 cm³/mol. The minimum Gasteiger partial charge on any atom is -0.378 e. The van der Waals surface area contributed by atoms with Crippen molar-refractivity contribution in [3.8, 4) is 0 Å². The Morgan fingerprint density at radius 1 is 1.19 bits per heavy atom. The van der Waals surface area contributed by atoms with E-state index in [2.05, 4.69) is 25.5 Å². The van der Waals surface area contributed by atoms with Crippen molar-refractivity contribution in [2.75, 3.05) is 11.9 Å². The summed E-state index contributed by atoms with van der Waals surface area (Å²) < 4.78 is 33.1. The van der Waals surface area contributed by atoms with Crippen LogP contribution in [-0.4, -0.2) is 38.9 Å². The first-order valence-corrected chi connectivity index (χ1v) is 8.66. The molecule has 0 bridgehead atoms. The molecule has 4 rings (SSSR count). The molecule has 1 aliphatic carbocycles. The summed E-state index contributed by atoms with van der Waals surface area (Å²) in [6, 6.07) is 4.14. The molecule has 1 fully saturated rings. The molecule has 2 N–H and O–H groups in total. The summed E-state index contributed by atoms with van der Waals surface area (Å²) in [4.78, 5) is 8.40. The van der Waals surface area contributed by atoms with E-state index in [9.17, 15) is 8.78 Å². The Bertz CT molecular complexity index is 880. The lowest BCUT2D eigenvalue weighted by Gasteiger charge is -2.15. The number of H-pyrrole nitrogens is 1. The fraction of sp³-hybridized carbons (Fsp3) is 0.389. The number of fused-ring (bicyclic) bond motifs is 1. The zero-order chi connectivity index (χ0) is 17.9. The van der Waals surface area contributed by atoms with Crippen LogP contribution in [-0.2, 0) is 11.2 Å². The number of aromatic nitrogens is 4. The number of rotatable bonds is 6. The number of hydrogen-bond donors (Lipinski definition) is 2. The van der Waals surface area contributed by atoms with Crippen LogP contribution in [0.2, 0.25) is 0 Å². The van der Waals surface area contributed by atoms with Crippen LogP contribution in [0, 0.1) is 11.6 Å². The largest absolute Gasteiger partial charge is 0.378 e. The van der Waals surface area contributed by atoms with Gasteiger partial charge in [-0.2, -0.15) is 5.10 Å². The van der Waals surface area contributed by atoms with Gasteiger partial charge in [-0.15, -0.1) is 0 Å². The van der Waals surface area contributed by atoms with E-state index in [1.807, 2.05) is 0 Å². The Balaban J connectivity index is 1.29. The fourth-order valence-corrected chi connectivity index (χ4v) is 3.39. The minimum absolute atomic E-state index is 0.0732. The maximum Gasteiger partial charge on any atom is 0.160 e. The Kier molecular flexibility index (Phi) is 4.75. The van der Waals surface area contributed by atoms with Crippen LogP contribution in [0.1, 0.15) is 24.8 Å². The zero-order valence-electron chi connectivity index (χ0n) is 14.1. The zero-order valence-corrected chi connectivity index (χ0v) is 14.1. The number of benzene rings is 1. The van der Waals surface area contributed by atoms with Gasteiger partial charge in [-0.25, -0.2) is 18.7 Å². The van der Waals surface area contributed by atoms with E-state index < -0.39 is 11.6 Å². The standard InChI is InChI=1S/C18H19F2N5O/c19-15-2-1-3-16(20)13(15)6-7-26-12-5-4-11(8-12)24-17-14-9-23-25-18(14)22-10-21-17/h1-3,9-12H,4-8H2,(H2,21,22,23,24,25)/t11-,12-/m0/s1. The lowest BCUT2D eigenvalue weighted by molar-refractivity contribution is 0.0594. The predicted octanol–water partition coefficient (Wildman–Crippen LogP) is 3.22. The lowest BCUT2D eigenvalue weighted by atomic mass is 10.1. The van der Waals surface area contributed by atoms with Gasteiger partial charge >= 0.3 is 0 Å². The molecule has 3 aromatic rings. The maximum absolute atomic E-state index is 13.6. The normalized spacial score (nSPS) is 19.9. The smallest absolute Gasteiger partial charge is 0.160 e. The van der Waals surface area contributed by atoms with Crippen molar-refractivity contribution in [1.29, 1.82) is 0 Å². The highest BCUT2D eigenvalue weighted by Gasteiger charge is 2.26. The molecular formula is C18H19F2N5O. The number of nitrogens with zero attached hydrogens (tertiary/aromatic N) is 3. The average molecular weight is 359 g/mol. The first-order chi connectivity index (χ1) is 12.7. The van der Waals surface area contributed by atoms with E-state index in [0.29, 0.717) is 12.3 Å². The van der Waals surface area contributed by atoms with Crippen LogP contribution in [0.5, 0.6) is 0 Å². The van der Waals surface area contributed by atoms with E-state index in [-0.39, 0.29) is 24.1 Å². The molecule has 6 nitrogen and oxygen atoms in total. The van der Waals surface area contributed by atoms with Crippen LogP contribution in [0.25, 0.3) is 11.0 Å². The van der Waals surface area contributed by atoms with Gasteiger partial charge in [0.15, 0.2) is 5.65 Å². The van der Waals surface area contributed by atoms with Gasteiger partial charge in [-0.3, -0.25) is 5.10 Å². The summed E-state index contributed by atoms with van der Waals surface area (Å²) in [7, 11) is 0. The van der Waals surface area contributed by atoms with Crippen LogP contribution < -0.4 is 5.32 Å². The molecule has 136 valence electrons. The Morgan fingerprint density at radius 3 is 2.88 bits per heavy atom. The number of ether oxygens (including phenoxy) is 1. The minimum atomic E-state index is -0.521. The summed E-state index contributed by atoms with van der Waals surface area (Å²) in [5, 5.41) is 11.1. The monoisotopic (exact) mass is 359 g/mol. The van der Waals surface area contributed by atoms with Crippen LogP contribution in [0.4, 0.5) is 14.6 Å². The Hall–Kier alpha value is -2.61. The third kappa shape index (κ3) is 3.50. The highest BCUT2D eigenvalue weighted by Crippen LogP contribution is 2.27. The lowest BCUT2D eigenvalue weighted by Crippen LogP contribution is -2.19. The molecule has 0 unspecified atom stereocenters. The molecule has 1 saturated carbocycles. The van der Waals surface area contributed by atoms with Crippen molar-refractivity contribution in [3.63, 3.8) is 0 Å². The van der Waals surface area contributed by atoms with Gasteiger partial charge in [0.2, 0.25) is 0 Å². The average Bonchev–Trinajstić information content (AvgIpc) is 3.27. The van der Waals surface area contributed by atoms with Gasteiger partial charge < -0.3 is 10.1 Å². The number of hydrogen-bond acceptors (Lipinski definition) is 5. The molecule has 26 heavy (non-hydrogen) atoms. The highest BCUT2D eigenvalue weighted by atomic mass is 19.1. The number of nitrogens with one attached hydrogen (secondary N) is 2. The topological polar surface area (TPSA) is 75.7 Å².